The molecule has 1 N–H and O–H groups in total. The van der Waals surface area contributed by atoms with Gasteiger partial charge in [-0.05, 0) is 13.1 Å². The van der Waals surface area contributed by atoms with Crippen molar-refractivity contribution in [2.45, 2.75) is 24.9 Å². The number of piperidine rings is 1. The number of hydrogen-bond donors (Lipinski definition) is 1. The van der Waals surface area contributed by atoms with Crippen LogP contribution < -0.4 is 5.32 Å². The fourth-order valence-corrected chi connectivity index (χ4v) is 2.04. The Balaban J connectivity index is 0.00000144. The highest BCUT2D eigenvalue weighted by molar-refractivity contribution is 6.03. The molecule has 0 aromatic carbocycles. The molecule has 0 radical (unpaired) electrons. The van der Waals surface area contributed by atoms with Crippen molar-refractivity contribution in [3.63, 3.8) is 0 Å². The molecule has 2 amide bonds. The normalized spacial score (nSPS) is 22.9. The molecule has 5 nitrogen and oxygen atoms in total. The van der Waals surface area contributed by atoms with Crippen molar-refractivity contribution in [2.75, 3.05) is 19.6 Å². The van der Waals surface area contributed by atoms with E-state index >= 15 is 0 Å². The molecule has 2 fully saturated rings. The molecule has 0 aromatic heterocycles. The zero-order valence-electron chi connectivity index (χ0n) is 8.95. The van der Waals surface area contributed by atoms with Crippen LogP contribution in [-0.4, -0.2) is 48.6 Å². The summed E-state index contributed by atoms with van der Waals surface area (Å²) in [5, 5.41) is 3.02. The number of nitrogens with one attached hydrogen (secondary N) is 1. The molecule has 1 spiro atoms. The molecule has 17 heavy (non-hydrogen) atoms. The smallest absolute Gasteiger partial charge is 0.417 e. The van der Waals surface area contributed by atoms with Gasteiger partial charge in [0.05, 0.1) is 6.54 Å². The van der Waals surface area contributed by atoms with Crippen molar-refractivity contribution in [3.05, 3.63) is 0 Å². The number of carbonyl (C=O) groups is 2. The van der Waals surface area contributed by atoms with E-state index in [2.05, 4.69) is 5.32 Å². The van der Waals surface area contributed by atoms with Crippen LogP contribution in [-0.2, 0) is 9.53 Å². The van der Waals surface area contributed by atoms with Crippen LogP contribution in [0.2, 0.25) is 0 Å². The standard InChI is InChI=1S/C9H12F2N2O3.ClH/c10-6(11)5-13-7(14)9(16-8(13)15)1-3-12-4-2-9;/h6,12H,1-5H2;1H. The van der Waals surface area contributed by atoms with Gasteiger partial charge in [-0.15, -0.1) is 12.4 Å². The van der Waals surface area contributed by atoms with Crippen molar-refractivity contribution < 1.29 is 23.1 Å². The Morgan fingerprint density at radius 3 is 2.47 bits per heavy atom. The van der Waals surface area contributed by atoms with E-state index in [0.29, 0.717) is 30.8 Å². The highest BCUT2D eigenvalue weighted by Gasteiger charge is 2.54. The van der Waals surface area contributed by atoms with Crippen molar-refractivity contribution >= 4 is 24.4 Å². The van der Waals surface area contributed by atoms with E-state index in [4.69, 9.17) is 4.74 Å². The molecule has 2 aliphatic rings. The zero-order chi connectivity index (χ0) is 11.8. The monoisotopic (exact) mass is 270 g/mol. The number of amides is 2. The quantitative estimate of drug-likeness (QED) is 0.805. The number of hydrogen-bond acceptors (Lipinski definition) is 4. The lowest BCUT2D eigenvalue weighted by Crippen LogP contribution is -2.49. The maximum absolute atomic E-state index is 12.2. The maximum Gasteiger partial charge on any atom is 0.417 e. The van der Waals surface area contributed by atoms with Gasteiger partial charge in [0.1, 0.15) is 0 Å². The summed E-state index contributed by atoms with van der Waals surface area (Å²) in [7, 11) is 0. The van der Waals surface area contributed by atoms with Crippen LogP contribution in [0.3, 0.4) is 0 Å². The second-order valence-electron chi connectivity index (χ2n) is 3.92. The average molecular weight is 271 g/mol. The molecule has 0 saturated carbocycles. The molecule has 2 saturated heterocycles. The molecule has 98 valence electrons. The van der Waals surface area contributed by atoms with Crippen LogP contribution in [0.5, 0.6) is 0 Å². The summed E-state index contributed by atoms with van der Waals surface area (Å²) in [4.78, 5) is 23.7. The Hall–Kier alpha value is -0.950. The molecule has 2 heterocycles. The van der Waals surface area contributed by atoms with Crippen molar-refractivity contribution in [3.8, 4) is 0 Å². The maximum atomic E-state index is 12.2. The Kier molecular flexibility index (Phi) is 4.26. The Bertz CT molecular complexity index is 321. The van der Waals surface area contributed by atoms with E-state index in [-0.39, 0.29) is 12.4 Å². The predicted octanol–water partition coefficient (Wildman–Crippen LogP) is 0.774. The number of carbonyl (C=O) groups excluding carboxylic acids is 2. The van der Waals surface area contributed by atoms with Gasteiger partial charge < -0.3 is 10.1 Å². The summed E-state index contributed by atoms with van der Waals surface area (Å²) in [6.07, 6.45) is -2.99. The van der Waals surface area contributed by atoms with E-state index < -0.39 is 30.6 Å². The fourth-order valence-electron chi connectivity index (χ4n) is 2.04. The zero-order valence-corrected chi connectivity index (χ0v) is 9.77. The molecule has 0 bridgehead atoms. The first-order chi connectivity index (χ1) is 7.55. The minimum atomic E-state index is -2.73. The third-order valence-electron chi connectivity index (χ3n) is 2.87. The molecule has 2 aliphatic heterocycles. The number of nitrogens with zero attached hydrogens (tertiary/aromatic N) is 1. The number of rotatable bonds is 2. The van der Waals surface area contributed by atoms with Crippen LogP contribution in [0.15, 0.2) is 0 Å². The minimum Gasteiger partial charge on any atom is -0.432 e. The second kappa shape index (κ2) is 5.14. The van der Waals surface area contributed by atoms with Gasteiger partial charge in [0.25, 0.3) is 12.3 Å². The summed E-state index contributed by atoms with van der Waals surface area (Å²) in [5.74, 6) is -0.626. The molecular weight excluding hydrogens is 258 g/mol. The van der Waals surface area contributed by atoms with Crippen LogP contribution >= 0.6 is 12.4 Å². The second-order valence-corrected chi connectivity index (χ2v) is 3.92. The Morgan fingerprint density at radius 1 is 1.35 bits per heavy atom. The topological polar surface area (TPSA) is 58.6 Å². The first-order valence-corrected chi connectivity index (χ1v) is 5.09. The number of ether oxygens (including phenoxy) is 1. The molecular formula is C9H13ClF2N2O3. The third-order valence-corrected chi connectivity index (χ3v) is 2.87. The predicted molar refractivity (Wildman–Crippen MR) is 56.3 cm³/mol. The summed E-state index contributed by atoms with van der Waals surface area (Å²) in [5.41, 5.74) is -1.20. The lowest BCUT2D eigenvalue weighted by atomic mass is 9.91. The molecule has 0 aliphatic carbocycles. The van der Waals surface area contributed by atoms with Gasteiger partial charge in [-0.25, -0.2) is 18.5 Å². The number of halogens is 3. The van der Waals surface area contributed by atoms with Gasteiger partial charge in [-0.1, -0.05) is 0 Å². The molecule has 0 atom stereocenters. The van der Waals surface area contributed by atoms with Crippen LogP contribution in [0.25, 0.3) is 0 Å². The van der Waals surface area contributed by atoms with E-state index in [0.717, 1.165) is 0 Å². The number of alkyl halides is 2. The van der Waals surface area contributed by atoms with Crippen LogP contribution in [0, 0.1) is 0 Å². The van der Waals surface area contributed by atoms with Crippen molar-refractivity contribution in [1.82, 2.24) is 10.2 Å². The summed E-state index contributed by atoms with van der Waals surface area (Å²) >= 11 is 0. The van der Waals surface area contributed by atoms with Crippen LogP contribution in [0.4, 0.5) is 13.6 Å². The summed E-state index contributed by atoms with van der Waals surface area (Å²) < 4.78 is 29.3. The average Bonchev–Trinajstić information content (AvgIpc) is 2.44. The van der Waals surface area contributed by atoms with Gasteiger partial charge in [-0.3, -0.25) is 4.79 Å². The first-order valence-electron chi connectivity index (χ1n) is 5.09. The largest absolute Gasteiger partial charge is 0.432 e. The Labute approximate surface area is 103 Å². The van der Waals surface area contributed by atoms with Gasteiger partial charge in [0.2, 0.25) is 0 Å². The van der Waals surface area contributed by atoms with Gasteiger partial charge >= 0.3 is 6.09 Å². The van der Waals surface area contributed by atoms with Crippen molar-refractivity contribution in [1.29, 1.82) is 0 Å². The van der Waals surface area contributed by atoms with Gasteiger partial charge in [0.15, 0.2) is 5.60 Å². The van der Waals surface area contributed by atoms with Gasteiger partial charge in [-0.2, -0.15) is 0 Å². The third kappa shape index (κ3) is 2.50. The number of imide groups is 1. The SMILES string of the molecule is Cl.O=C1OC2(CCNCC2)C(=O)N1CC(F)F. The van der Waals surface area contributed by atoms with E-state index in [9.17, 15) is 18.4 Å². The Morgan fingerprint density at radius 2 is 1.94 bits per heavy atom. The van der Waals surface area contributed by atoms with Crippen molar-refractivity contribution in [2.24, 2.45) is 0 Å². The van der Waals surface area contributed by atoms with Gasteiger partial charge in [0, 0.05) is 12.8 Å². The summed E-state index contributed by atoms with van der Waals surface area (Å²) in [6.45, 7) is 0.204. The minimum absolute atomic E-state index is 0. The molecule has 0 unspecified atom stereocenters. The van der Waals surface area contributed by atoms with Crippen LogP contribution in [0.1, 0.15) is 12.8 Å². The highest BCUT2D eigenvalue weighted by Crippen LogP contribution is 2.32. The lowest BCUT2D eigenvalue weighted by Gasteiger charge is -2.29. The van der Waals surface area contributed by atoms with E-state index in [1.54, 1.807) is 0 Å². The first kappa shape index (κ1) is 14.1. The molecule has 2 rings (SSSR count). The summed E-state index contributed by atoms with van der Waals surface area (Å²) in [6, 6.07) is 0. The highest BCUT2D eigenvalue weighted by atomic mass is 35.5. The fraction of sp³-hybridized carbons (Fsp3) is 0.778. The molecule has 0 aromatic rings. The lowest BCUT2D eigenvalue weighted by molar-refractivity contribution is -0.139. The molecule has 8 heteroatoms. The van der Waals surface area contributed by atoms with E-state index in [1.165, 1.54) is 0 Å². The van der Waals surface area contributed by atoms with E-state index in [1.807, 2.05) is 0 Å².